The molecule has 0 saturated heterocycles. The molecular weight excluding hydrogens is 272 g/mol. The summed E-state index contributed by atoms with van der Waals surface area (Å²) in [4.78, 5) is 0. The molecule has 0 amide bonds. The summed E-state index contributed by atoms with van der Waals surface area (Å²) in [5.41, 5.74) is -0.113. The summed E-state index contributed by atoms with van der Waals surface area (Å²) in [6, 6.07) is 0. The first-order chi connectivity index (χ1) is 8.18. The second-order valence-electron chi connectivity index (χ2n) is 6.46. The van der Waals surface area contributed by atoms with E-state index >= 15 is 0 Å². The Balaban J connectivity index is 2.41. The number of ether oxygens (including phenoxy) is 1. The van der Waals surface area contributed by atoms with E-state index < -0.39 is 9.05 Å². The summed E-state index contributed by atoms with van der Waals surface area (Å²) in [6.07, 6.45) is 5.08. The van der Waals surface area contributed by atoms with Crippen molar-refractivity contribution >= 4 is 19.7 Å². The highest BCUT2D eigenvalue weighted by molar-refractivity contribution is 8.13. The standard InChI is InChI=1S/C13H25ClO3S/c1-13(2,3)12(10-18(14,15)16)9-17-8-11-6-4-5-7-11/h11-12H,4-10H2,1-3H3. The van der Waals surface area contributed by atoms with E-state index in [0.29, 0.717) is 12.5 Å². The number of hydrogen-bond donors (Lipinski definition) is 0. The van der Waals surface area contributed by atoms with Gasteiger partial charge in [0.05, 0.1) is 12.4 Å². The van der Waals surface area contributed by atoms with E-state index in [2.05, 4.69) is 0 Å². The van der Waals surface area contributed by atoms with Crippen LogP contribution in [0.4, 0.5) is 0 Å². The molecule has 0 N–H and O–H groups in total. The van der Waals surface area contributed by atoms with Gasteiger partial charge in [-0.1, -0.05) is 33.6 Å². The molecule has 18 heavy (non-hydrogen) atoms. The predicted octanol–water partition coefficient (Wildman–Crippen LogP) is 3.42. The smallest absolute Gasteiger partial charge is 0.232 e. The van der Waals surface area contributed by atoms with Gasteiger partial charge in [0.1, 0.15) is 0 Å². The van der Waals surface area contributed by atoms with E-state index in [1.54, 1.807) is 0 Å². The molecule has 1 atom stereocenters. The van der Waals surface area contributed by atoms with E-state index in [0.717, 1.165) is 6.61 Å². The fourth-order valence-corrected chi connectivity index (χ4v) is 3.88. The van der Waals surface area contributed by atoms with Crippen LogP contribution >= 0.6 is 10.7 Å². The van der Waals surface area contributed by atoms with Gasteiger partial charge in [-0.3, -0.25) is 0 Å². The zero-order valence-corrected chi connectivity index (χ0v) is 13.2. The van der Waals surface area contributed by atoms with Crippen molar-refractivity contribution in [3.8, 4) is 0 Å². The summed E-state index contributed by atoms with van der Waals surface area (Å²) in [5, 5.41) is 0. The third kappa shape index (κ3) is 6.39. The molecular formula is C13H25ClO3S. The van der Waals surface area contributed by atoms with Crippen molar-refractivity contribution in [2.45, 2.75) is 46.5 Å². The lowest BCUT2D eigenvalue weighted by molar-refractivity contribution is 0.0457. The first-order valence-electron chi connectivity index (χ1n) is 6.68. The van der Waals surface area contributed by atoms with Gasteiger partial charge in [-0.2, -0.15) is 0 Å². The van der Waals surface area contributed by atoms with Gasteiger partial charge >= 0.3 is 0 Å². The van der Waals surface area contributed by atoms with Crippen molar-refractivity contribution in [2.75, 3.05) is 19.0 Å². The maximum atomic E-state index is 11.2. The summed E-state index contributed by atoms with van der Waals surface area (Å²) in [6.45, 7) is 7.32. The second kappa shape index (κ2) is 6.58. The van der Waals surface area contributed by atoms with Crippen LogP contribution in [0.15, 0.2) is 0 Å². The van der Waals surface area contributed by atoms with Crippen molar-refractivity contribution in [2.24, 2.45) is 17.3 Å². The van der Waals surface area contributed by atoms with Crippen molar-refractivity contribution in [3.05, 3.63) is 0 Å². The maximum Gasteiger partial charge on any atom is 0.232 e. The van der Waals surface area contributed by atoms with Crippen LogP contribution in [0.1, 0.15) is 46.5 Å². The van der Waals surface area contributed by atoms with Gasteiger partial charge < -0.3 is 4.74 Å². The molecule has 1 saturated carbocycles. The molecule has 1 aliphatic rings. The zero-order valence-electron chi connectivity index (χ0n) is 11.6. The molecule has 0 aromatic carbocycles. The Hall–Kier alpha value is 0.200. The number of halogens is 1. The average Bonchev–Trinajstić information content (AvgIpc) is 2.65. The zero-order chi connectivity index (χ0) is 13.8. The molecule has 0 spiro atoms. The predicted molar refractivity (Wildman–Crippen MR) is 75.4 cm³/mol. The van der Waals surface area contributed by atoms with Crippen molar-refractivity contribution in [3.63, 3.8) is 0 Å². The molecule has 0 heterocycles. The van der Waals surface area contributed by atoms with Crippen LogP contribution in [0.2, 0.25) is 0 Å². The van der Waals surface area contributed by atoms with E-state index in [4.69, 9.17) is 15.4 Å². The van der Waals surface area contributed by atoms with E-state index in [1.165, 1.54) is 25.7 Å². The molecule has 0 aliphatic heterocycles. The van der Waals surface area contributed by atoms with E-state index in [-0.39, 0.29) is 17.1 Å². The summed E-state index contributed by atoms with van der Waals surface area (Å²) in [5.74, 6) is 0.600. The molecule has 0 aromatic heterocycles. The summed E-state index contributed by atoms with van der Waals surface area (Å²) < 4.78 is 28.2. The SMILES string of the molecule is CC(C)(C)C(COCC1CCCC1)CS(=O)(=O)Cl. The number of rotatable bonds is 6. The largest absolute Gasteiger partial charge is 0.381 e. The van der Waals surface area contributed by atoms with Crippen molar-refractivity contribution < 1.29 is 13.2 Å². The highest BCUT2D eigenvalue weighted by atomic mass is 35.7. The third-order valence-electron chi connectivity index (χ3n) is 3.77. The molecule has 3 nitrogen and oxygen atoms in total. The van der Waals surface area contributed by atoms with E-state index in [9.17, 15) is 8.42 Å². The van der Waals surface area contributed by atoms with Crippen molar-refractivity contribution in [1.29, 1.82) is 0 Å². The molecule has 0 radical (unpaired) electrons. The molecule has 1 aliphatic carbocycles. The fraction of sp³-hybridized carbons (Fsp3) is 1.00. The van der Waals surface area contributed by atoms with Crippen LogP contribution < -0.4 is 0 Å². The number of hydrogen-bond acceptors (Lipinski definition) is 3. The average molecular weight is 297 g/mol. The van der Waals surface area contributed by atoms with Crippen LogP contribution in [0.3, 0.4) is 0 Å². The Kier molecular flexibility index (Phi) is 5.94. The lowest BCUT2D eigenvalue weighted by Crippen LogP contribution is -2.31. The fourth-order valence-electron chi connectivity index (χ4n) is 2.34. The molecule has 0 aromatic rings. The minimum absolute atomic E-state index is 0.0112. The van der Waals surface area contributed by atoms with Crippen molar-refractivity contribution in [1.82, 2.24) is 0 Å². The maximum absolute atomic E-state index is 11.2. The van der Waals surface area contributed by atoms with Gasteiger partial charge in [0, 0.05) is 23.2 Å². The summed E-state index contributed by atoms with van der Waals surface area (Å²) >= 11 is 0. The Morgan fingerprint density at radius 3 is 2.28 bits per heavy atom. The molecule has 108 valence electrons. The van der Waals surface area contributed by atoms with Crippen LogP contribution in [0, 0.1) is 17.3 Å². The quantitative estimate of drug-likeness (QED) is 0.705. The second-order valence-corrected chi connectivity index (χ2v) is 9.28. The Morgan fingerprint density at radius 2 is 1.83 bits per heavy atom. The topological polar surface area (TPSA) is 43.4 Å². The molecule has 0 bridgehead atoms. The van der Waals surface area contributed by atoms with Crippen LogP contribution in [-0.4, -0.2) is 27.4 Å². The normalized spacial score (nSPS) is 20.2. The minimum Gasteiger partial charge on any atom is -0.381 e. The molecule has 5 heteroatoms. The van der Waals surface area contributed by atoms with Crippen LogP contribution in [-0.2, 0) is 13.8 Å². The molecule has 1 fully saturated rings. The highest BCUT2D eigenvalue weighted by Gasteiger charge is 2.29. The molecule has 1 unspecified atom stereocenters. The molecule has 1 rings (SSSR count). The lowest BCUT2D eigenvalue weighted by Gasteiger charge is -2.29. The Labute approximate surface area is 116 Å². The van der Waals surface area contributed by atoms with Gasteiger partial charge in [-0.25, -0.2) is 8.42 Å². The Morgan fingerprint density at radius 1 is 1.28 bits per heavy atom. The minimum atomic E-state index is -3.46. The van der Waals surface area contributed by atoms with Gasteiger partial charge in [-0.05, 0) is 24.2 Å². The van der Waals surface area contributed by atoms with Crippen LogP contribution in [0.25, 0.3) is 0 Å². The van der Waals surface area contributed by atoms with Gasteiger partial charge in [0.2, 0.25) is 9.05 Å². The first kappa shape index (κ1) is 16.3. The first-order valence-corrected chi connectivity index (χ1v) is 9.16. The van der Waals surface area contributed by atoms with E-state index in [1.807, 2.05) is 20.8 Å². The summed E-state index contributed by atoms with van der Waals surface area (Å²) in [7, 11) is 1.89. The van der Waals surface area contributed by atoms with Crippen LogP contribution in [0.5, 0.6) is 0 Å². The highest BCUT2D eigenvalue weighted by Crippen LogP contribution is 2.30. The van der Waals surface area contributed by atoms with Gasteiger partial charge in [0.25, 0.3) is 0 Å². The van der Waals surface area contributed by atoms with Gasteiger partial charge in [-0.15, -0.1) is 0 Å². The monoisotopic (exact) mass is 296 g/mol. The van der Waals surface area contributed by atoms with Gasteiger partial charge in [0.15, 0.2) is 0 Å². The lowest BCUT2D eigenvalue weighted by atomic mass is 9.82. The Bertz CT molecular complexity index is 340. The third-order valence-corrected chi connectivity index (χ3v) is 4.95.